The van der Waals surface area contributed by atoms with Gasteiger partial charge in [-0.15, -0.1) is 0 Å². The van der Waals surface area contributed by atoms with Gasteiger partial charge < -0.3 is 0 Å². The maximum absolute atomic E-state index is 9.52. The molecule has 0 bridgehead atoms. The zero-order valence-electron chi connectivity index (χ0n) is 12.2. The Morgan fingerprint density at radius 1 is 1.19 bits per heavy atom. The number of aryl methyl sites for hydroxylation is 1. The van der Waals surface area contributed by atoms with Crippen LogP contribution in [0.2, 0.25) is 0 Å². The van der Waals surface area contributed by atoms with E-state index in [9.17, 15) is 5.26 Å². The second-order valence-corrected chi connectivity index (χ2v) is 7.46. The molecule has 1 aromatic heterocycles. The van der Waals surface area contributed by atoms with Crippen molar-refractivity contribution in [3.05, 3.63) is 58.3 Å². The van der Waals surface area contributed by atoms with E-state index in [1.165, 1.54) is 35.2 Å². The number of pyridine rings is 1. The van der Waals surface area contributed by atoms with Gasteiger partial charge in [-0.3, -0.25) is 0 Å². The third-order valence-corrected chi connectivity index (χ3v) is 6.24. The molecular weight excluding hydrogens is 323 g/mol. The fourth-order valence-electron chi connectivity index (χ4n) is 2.87. The van der Waals surface area contributed by atoms with Gasteiger partial charge in [-0.05, 0) is 0 Å². The van der Waals surface area contributed by atoms with Crippen LogP contribution in [0.4, 0.5) is 0 Å². The van der Waals surface area contributed by atoms with Gasteiger partial charge >= 0.3 is 132 Å². The van der Waals surface area contributed by atoms with Crippen LogP contribution < -0.4 is 4.59 Å². The van der Waals surface area contributed by atoms with Crippen molar-refractivity contribution in [3.63, 3.8) is 0 Å². The SMILES string of the molecule is Cc1c(C#N)c([Se]Cc2ccccc2)nc2c1CCCC2. The zero-order valence-corrected chi connectivity index (χ0v) is 13.9. The molecular formula is C18H18N2Se. The van der Waals surface area contributed by atoms with Gasteiger partial charge in [0, 0.05) is 0 Å². The van der Waals surface area contributed by atoms with E-state index in [4.69, 9.17) is 4.98 Å². The number of aromatic nitrogens is 1. The van der Waals surface area contributed by atoms with Gasteiger partial charge in [0.1, 0.15) is 0 Å². The van der Waals surface area contributed by atoms with E-state index in [1.54, 1.807) is 0 Å². The topological polar surface area (TPSA) is 36.7 Å². The Morgan fingerprint density at radius 2 is 1.95 bits per heavy atom. The minimum absolute atomic E-state index is 0.226. The van der Waals surface area contributed by atoms with Crippen LogP contribution in [-0.4, -0.2) is 19.9 Å². The Kier molecular flexibility index (Phi) is 4.39. The van der Waals surface area contributed by atoms with E-state index in [-0.39, 0.29) is 15.0 Å². The normalized spacial score (nSPS) is 13.5. The van der Waals surface area contributed by atoms with Crippen LogP contribution in [0.3, 0.4) is 0 Å². The molecule has 0 amide bonds. The van der Waals surface area contributed by atoms with Crippen molar-refractivity contribution in [2.45, 2.75) is 37.9 Å². The average molecular weight is 341 g/mol. The molecule has 2 aromatic rings. The van der Waals surface area contributed by atoms with E-state index in [0.29, 0.717) is 0 Å². The van der Waals surface area contributed by atoms with Crippen molar-refractivity contribution in [2.75, 3.05) is 0 Å². The molecule has 0 saturated carbocycles. The average Bonchev–Trinajstić information content (AvgIpc) is 2.54. The summed E-state index contributed by atoms with van der Waals surface area (Å²) in [6.45, 7) is 2.10. The van der Waals surface area contributed by atoms with Crippen molar-refractivity contribution < 1.29 is 0 Å². The van der Waals surface area contributed by atoms with Crippen LogP contribution >= 0.6 is 0 Å². The number of rotatable bonds is 3. The molecule has 106 valence electrons. The molecule has 0 atom stereocenters. The van der Waals surface area contributed by atoms with Gasteiger partial charge in [0.05, 0.1) is 0 Å². The molecule has 1 aliphatic carbocycles. The molecule has 1 aromatic carbocycles. The summed E-state index contributed by atoms with van der Waals surface area (Å²) in [6.07, 6.45) is 4.64. The van der Waals surface area contributed by atoms with Crippen molar-refractivity contribution in [2.24, 2.45) is 0 Å². The Morgan fingerprint density at radius 3 is 2.71 bits per heavy atom. The van der Waals surface area contributed by atoms with Gasteiger partial charge in [-0.25, -0.2) is 0 Å². The molecule has 0 unspecified atom stereocenters. The predicted octanol–water partition coefficient (Wildman–Crippen LogP) is 2.67. The van der Waals surface area contributed by atoms with Crippen LogP contribution in [0.1, 0.15) is 40.8 Å². The van der Waals surface area contributed by atoms with Crippen molar-refractivity contribution in [1.29, 1.82) is 5.26 Å². The molecule has 0 saturated heterocycles. The fraction of sp³-hybridized carbons (Fsp3) is 0.333. The number of nitrogens with zero attached hydrogens (tertiary/aromatic N) is 2. The van der Waals surface area contributed by atoms with Crippen LogP contribution in [0, 0.1) is 18.3 Å². The summed E-state index contributed by atoms with van der Waals surface area (Å²) in [5, 5.41) is 10.5. The second-order valence-electron chi connectivity index (χ2n) is 5.44. The second kappa shape index (κ2) is 6.43. The van der Waals surface area contributed by atoms with E-state index in [0.717, 1.165) is 28.3 Å². The summed E-state index contributed by atoms with van der Waals surface area (Å²) < 4.78 is 1.05. The van der Waals surface area contributed by atoms with Gasteiger partial charge in [-0.1, -0.05) is 0 Å². The van der Waals surface area contributed by atoms with E-state index in [2.05, 4.69) is 37.3 Å². The first-order chi connectivity index (χ1) is 10.3. The van der Waals surface area contributed by atoms with E-state index >= 15 is 0 Å². The molecule has 3 rings (SSSR count). The number of hydrogen-bond acceptors (Lipinski definition) is 2. The predicted molar refractivity (Wildman–Crippen MR) is 85.9 cm³/mol. The molecule has 1 aliphatic rings. The third-order valence-electron chi connectivity index (χ3n) is 4.05. The zero-order chi connectivity index (χ0) is 14.7. The van der Waals surface area contributed by atoms with Gasteiger partial charge in [-0.2, -0.15) is 0 Å². The molecule has 3 heteroatoms. The number of benzene rings is 1. The summed E-state index contributed by atoms with van der Waals surface area (Å²) in [5.74, 6) is 0. The molecule has 2 nitrogen and oxygen atoms in total. The number of hydrogen-bond donors (Lipinski definition) is 0. The van der Waals surface area contributed by atoms with Gasteiger partial charge in [0.15, 0.2) is 0 Å². The van der Waals surface area contributed by atoms with Gasteiger partial charge in [0.25, 0.3) is 0 Å². The Labute approximate surface area is 132 Å². The molecule has 0 spiro atoms. The van der Waals surface area contributed by atoms with Crippen molar-refractivity contribution in [1.82, 2.24) is 4.98 Å². The maximum atomic E-state index is 9.52. The number of fused-ring (bicyclic) bond motifs is 1. The minimum atomic E-state index is 0.226. The third kappa shape index (κ3) is 3.02. The first kappa shape index (κ1) is 14.3. The summed E-state index contributed by atoms with van der Waals surface area (Å²) in [5.41, 5.74) is 5.96. The molecule has 0 aliphatic heterocycles. The first-order valence-corrected chi connectivity index (χ1v) is 9.45. The quantitative estimate of drug-likeness (QED) is 0.805. The van der Waals surface area contributed by atoms with Crippen LogP contribution in [0.25, 0.3) is 0 Å². The van der Waals surface area contributed by atoms with Gasteiger partial charge in [0.2, 0.25) is 0 Å². The van der Waals surface area contributed by atoms with Crippen molar-refractivity contribution in [3.8, 4) is 6.07 Å². The summed E-state index contributed by atoms with van der Waals surface area (Å²) in [7, 11) is 0. The molecule has 21 heavy (non-hydrogen) atoms. The molecule has 0 N–H and O–H groups in total. The van der Waals surface area contributed by atoms with Crippen LogP contribution in [-0.2, 0) is 18.2 Å². The first-order valence-electron chi connectivity index (χ1n) is 7.38. The number of nitriles is 1. The van der Waals surface area contributed by atoms with E-state index in [1.807, 2.05) is 6.07 Å². The van der Waals surface area contributed by atoms with E-state index < -0.39 is 0 Å². The monoisotopic (exact) mass is 342 g/mol. The van der Waals surface area contributed by atoms with Crippen LogP contribution in [0.5, 0.6) is 0 Å². The van der Waals surface area contributed by atoms with Crippen LogP contribution in [0.15, 0.2) is 30.3 Å². The Balaban J connectivity index is 1.91. The fourth-order valence-corrected chi connectivity index (χ4v) is 5.00. The molecule has 0 radical (unpaired) electrons. The Bertz CT molecular complexity index is 687. The molecule has 0 fully saturated rings. The van der Waals surface area contributed by atoms with Crippen molar-refractivity contribution >= 4 is 19.5 Å². The summed E-state index contributed by atoms with van der Waals surface area (Å²) in [4.78, 5) is 4.87. The summed E-state index contributed by atoms with van der Waals surface area (Å²) in [6, 6.07) is 12.9. The summed E-state index contributed by atoms with van der Waals surface area (Å²) >= 11 is 0.226. The Hall–Kier alpha value is -1.62. The molecule has 1 heterocycles. The standard InChI is InChI=1S/C18H18N2Se/c1-13-15-9-5-6-10-17(15)20-18(16(13)11-19)21-12-14-7-3-2-4-8-14/h2-4,7-8H,5-6,9-10,12H2,1H3.